The van der Waals surface area contributed by atoms with Crippen LogP contribution in [0.2, 0.25) is 0 Å². The molecule has 0 atom stereocenters. The number of hydrogen-bond donors (Lipinski definition) is 2. The molecule has 0 aliphatic rings. The van der Waals surface area contributed by atoms with Crippen LogP contribution in [0.3, 0.4) is 0 Å². The first-order valence-electron chi connectivity index (χ1n) is 9.64. The number of nitrogens with one attached hydrogen (secondary N) is 1. The Balaban J connectivity index is 1.47. The molecule has 0 saturated heterocycles. The van der Waals surface area contributed by atoms with E-state index in [0.29, 0.717) is 27.7 Å². The molecule has 0 aliphatic carbocycles. The van der Waals surface area contributed by atoms with Gasteiger partial charge in [0.1, 0.15) is 29.2 Å². The summed E-state index contributed by atoms with van der Waals surface area (Å²) in [6.45, 7) is 0.159. The maximum Gasteiger partial charge on any atom is 0.284 e. The van der Waals surface area contributed by atoms with E-state index in [1.54, 1.807) is 40.4 Å². The topological polar surface area (TPSA) is 138 Å². The summed E-state index contributed by atoms with van der Waals surface area (Å²) in [5.41, 5.74) is 8.26. The lowest BCUT2D eigenvalue weighted by molar-refractivity contribution is 0.102. The van der Waals surface area contributed by atoms with Crippen LogP contribution in [0, 0.1) is 5.82 Å². The average molecular weight is 462 g/mol. The second-order valence-corrected chi connectivity index (χ2v) is 7.73. The summed E-state index contributed by atoms with van der Waals surface area (Å²) in [7, 11) is 0. The number of thiazole rings is 1. The van der Waals surface area contributed by atoms with Crippen molar-refractivity contribution in [1.29, 1.82) is 0 Å². The molecule has 0 bridgehead atoms. The number of nitrogens with two attached hydrogens (primary N) is 1. The van der Waals surface area contributed by atoms with E-state index in [4.69, 9.17) is 10.3 Å². The first kappa shape index (κ1) is 20.5. The van der Waals surface area contributed by atoms with Gasteiger partial charge in [0, 0.05) is 23.2 Å². The van der Waals surface area contributed by atoms with Crippen molar-refractivity contribution in [2.24, 2.45) is 0 Å². The molecule has 0 spiro atoms. The van der Waals surface area contributed by atoms with Gasteiger partial charge in [0.25, 0.3) is 5.91 Å². The Morgan fingerprint density at radius 1 is 1.21 bits per heavy atom. The Labute approximate surface area is 189 Å². The van der Waals surface area contributed by atoms with Crippen molar-refractivity contribution in [1.82, 2.24) is 29.9 Å². The van der Waals surface area contributed by atoms with Crippen LogP contribution in [0.5, 0.6) is 0 Å². The number of benzene rings is 1. The largest absolute Gasteiger partial charge is 0.382 e. The summed E-state index contributed by atoms with van der Waals surface area (Å²) >= 11 is 1.20. The normalized spacial score (nSPS) is 10.9. The molecule has 0 unspecified atom stereocenters. The molecule has 4 aromatic heterocycles. The summed E-state index contributed by atoms with van der Waals surface area (Å²) in [5, 5.41) is 13.1. The fourth-order valence-corrected chi connectivity index (χ4v) is 3.64. The molecule has 0 aliphatic heterocycles. The van der Waals surface area contributed by atoms with Crippen molar-refractivity contribution in [3.05, 3.63) is 76.8 Å². The van der Waals surface area contributed by atoms with E-state index in [2.05, 4.69) is 30.5 Å². The summed E-state index contributed by atoms with van der Waals surface area (Å²) < 4.78 is 20.8. The van der Waals surface area contributed by atoms with Crippen LogP contribution in [0.1, 0.15) is 15.4 Å². The van der Waals surface area contributed by atoms with E-state index < -0.39 is 5.91 Å². The van der Waals surface area contributed by atoms with Gasteiger partial charge in [-0.1, -0.05) is 23.4 Å². The van der Waals surface area contributed by atoms with Gasteiger partial charge in [0.05, 0.1) is 18.4 Å². The number of carbonyl (C=O) groups excluding carboxylic acids is 1. The molecule has 0 radical (unpaired) electrons. The van der Waals surface area contributed by atoms with E-state index in [0.717, 1.165) is 0 Å². The third kappa shape index (κ3) is 4.19. The lowest BCUT2D eigenvalue weighted by Gasteiger charge is -2.07. The highest BCUT2D eigenvalue weighted by molar-refractivity contribution is 7.11. The van der Waals surface area contributed by atoms with Gasteiger partial charge in [-0.3, -0.25) is 9.48 Å². The van der Waals surface area contributed by atoms with E-state index in [1.807, 2.05) is 0 Å². The van der Waals surface area contributed by atoms with Gasteiger partial charge in [-0.2, -0.15) is 5.10 Å². The molecule has 33 heavy (non-hydrogen) atoms. The summed E-state index contributed by atoms with van der Waals surface area (Å²) in [6, 6.07) is 9.82. The number of nitrogen functional groups attached to an aromatic ring is 1. The van der Waals surface area contributed by atoms with Crippen LogP contribution in [0.4, 0.5) is 15.9 Å². The first-order chi connectivity index (χ1) is 16.1. The van der Waals surface area contributed by atoms with Gasteiger partial charge in [-0.05, 0) is 12.1 Å². The molecule has 0 fully saturated rings. The lowest BCUT2D eigenvalue weighted by Crippen LogP contribution is -2.14. The number of halogens is 1. The number of amides is 1. The zero-order valence-corrected chi connectivity index (χ0v) is 17.7. The van der Waals surface area contributed by atoms with E-state index in [1.165, 1.54) is 36.1 Å². The fourth-order valence-electron chi connectivity index (χ4n) is 3.11. The van der Waals surface area contributed by atoms with Gasteiger partial charge in [0.2, 0.25) is 0 Å². The number of aromatic nitrogens is 6. The van der Waals surface area contributed by atoms with Crippen molar-refractivity contribution in [2.75, 3.05) is 11.1 Å². The van der Waals surface area contributed by atoms with Gasteiger partial charge in [0.15, 0.2) is 16.6 Å². The van der Waals surface area contributed by atoms with Gasteiger partial charge in [-0.25, -0.2) is 19.3 Å². The van der Waals surface area contributed by atoms with E-state index in [-0.39, 0.29) is 29.7 Å². The summed E-state index contributed by atoms with van der Waals surface area (Å²) in [6.07, 6.45) is 4.37. The lowest BCUT2D eigenvalue weighted by atomic mass is 10.2. The minimum Gasteiger partial charge on any atom is -0.382 e. The van der Waals surface area contributed by atoms with Crippen LogP contribution < -0.4 is 11.1 Å². The Bertz CT molecular complexity index is 1420. The van der Waals surface area contributed by atoms with Crippen LogP contribution in [-0.2, 0) is 6.54 Å². The SMILES string of the molecule is Nc1nc(-c2cc(-c3ccon3)n(Cc3ccccc3F)n2)ncc1NC(=O)c1nccs1. The van der Waals surface area contributed by atoms with Crippen molar-refractivity contribution in [2.45, 2.75) is 6.54 Å². The second-order valence-electron chi connectivity index (χ2n) is 6.83. The van der Waals surface area contributed by atoms with Crippen molar-refractivity contribution < 1.29 is 13.7 Å². The van der Waals surface area contributed by atoms with Crippen molar-refractivity contribution in [3.63, 3.8) is 0 Å². The van der Waals surface area contributed by atoms with Crippen LogP contribution in [0.25, 0.3) is 22.9 Å². The quantitative estimate of drug-likeness (QED) is 0.391. The molecular weight excluding hydrogens is 447 g/mol. The second kappa shape index (κ2) is 8.59. The number of hydrogen-bond acceptors (Lipinski definition) is 9. The monoisotopic (exact) mass is 462 g/mol. The minimum atomic E-state index is -0.407. The maximum atomic E-state index is 14.2. The molecule has 5 aromatic rings. The number of anilines is 2. The summed E-state index contributed by atoms with van der Waals surface area (Å²) in [4.78, 5) is 24.7. The molecule has 1 aromatic carbocycles. The van der Waals surface area contributed by atoms with Gasteiger partial charge < -0.3 is 15.6 Å². The standard InChI is InChI=1S/C21H15FN8O2S/c22-13-4-2-1-3-12(13)11-30-17(14-5-7-32-29-14)9-15(28-30)19-25-10-16(18(23)27-19)26-20(31)21-24-6-8-33-21/h1-10H,11H2,(H,26,31)(H2,23,25,27). The Morgan fingerprint density at radius 3 is 2.82 bits per heavy atom. The maximum absolute atomic E-state index is 14.2. The molecule has 10 nitrogen and oxygen atoms in total. The van der Waals surface area contributed by atoms with E-state index >= 15 is 0 Å². The van der Waals surface area contributed by atoms with Crippen molar-refractivity contribution in [3.8, 4) is 22.9 Å². The Hall–Kier alpha value is -4.45. The molecule has 3 N–H and O–H groups in total. The van der Waals surface area contributed by atoms with Gasteiger partial charge >= 0.3 is 0 Å². The highest BCUT2D eigenvalue weighted by Gasteiger charge is 2.18. The molecule has 4 heterocycles. The number of nitrogens with zero attached hydrogens (tertiary/aromatic N) is 6. The third-order valence-electron chi connectivity index (χ3n) is 4.68. The van der Waals surface area contributed by atoms with Crippen LogP contribution in [-0.4, -0.2) is 35.8 Å². The Morgan fingerprint density at radius 2 is 2.09 bits per heavy atom. The highest BCUT2D eigenvalue weighted by Crippen LogP contribution is 2.26. The smallest absolute Gasteiger partial charge is 0.284 e. The Kier molecular flexibility index (Phi) is 5.32. The first-order valence-corrected chi connectivity index (χ1v) is 10.5. The van der Waals surface area contributed by atoms with E-state index in [9.17, 15) is 9.18 Å². The predicted octanol–water partition coefficient (Wildman–Crippen LogP) is 3.47. The molecule has 12 heteroatoms. The molecule has 164 valence electrons. The molecule has 5 rings (SSSR count). The fraction of sp³-hybridized carbons (Fsp3) is 0.0476. The highest BCUT2D eigenvalue weighted by atomic mass is 32.1. The van der Waals surface area contributed by atoms with Gasteiger partial charge in [-0.15, -0.1) is 11.3 Å². The number of carbonyl (C=O) groups is 1. The molecular formula is C21H15FN8O2S. The number of rotatable bonds is 6. The van der Waals surface area contributed by atoms with Crippen LogP contribution >= 0.6 is 11.3 Å². The zero-order valence-electron chi connectivity index (χ0n) is 16.8. The average Bonchev–Trinajstić information content (AvgIpc) is 3.58. The van der Waals surface area contributed by atoms with Crippen LogP contribution in [0.15, 0.2) is 65.0 Å². The van der Waals surface area contributed by atoms with Crippen molar-refractivity contribution >= 4 is 28.7 Å². The molecule has 0 saturated carbocycles. The minimum absolute atomic E-state index is 0.0662. The summed E-state index contributed by atoms with van der Waals surface area (Å²) in [5.74, 6) is -0.453. The predicted molar refractivity (Wildman–Crippen MR) is 119 cm³/mol. The third-order valence-corrected chi connectivity index (χ3v) is 5.45. The molecule has 1 amide bonds. The zero-order chi connectivity index (χ0) is 22.8.